The fourth-order valence-corrected chi connectivity index (χ4v) is 2.27. The lowest BCUT2D eigenvalue weighted by Crippen LogP contribution is -2.18. The van der Waals surface area contributed by atoms with Crippen LogP contribution in [-0.2, 0) is 4.74 Å². The van der Waals surface area contributed by atoms with Gasteiger partial charge in [0.2, 0.25) is 0 Å². The number of hydrazone groups is 1. The molecular weight excluding hydrogens is 376 g/mol. The summed E-state index contributed by atoms with van der Waals surface area (Å²) >= 11 is 3.31. The second-order valence-electron chi connectivity index (χ2n) is 4.66. The summed E-state index contributed by atoms with van der Waals surface area (Å²) in [4.78, 5) is 23.5. The van der Waals surface area contributed by atoms with Crippen molar-refractivity contribution in [3.8, 4) is 5.75 Å². The zero-order chi connectivity index (χ0) is 17.5. The average Bonchev–Trinajstić information content (AvgIpc) is 2.61. The van der Waals surface area contributed by atoms with Crippen molar-refractivity contribution < 1.29 is 19.1 Å². The molecule has 0 atom stereocenters. The van der Waals surface area contributed by atoms with E-state index < -0.39 is 11.9 Å². The molecule has 0 unspecified atom stereocenters. The lowest BCUT2D eigenvalue weighted by molar-refractivity contribution is 0.0600. The molecular formula is C17H15BrN2O4. The number of carbonyl (C=O) groups excluding carboxylic acids is 2. The molecule has 24 heavy (non-hydrogen) atoms. The first kappa shape index (κ1) is 17.7. The molecule has 2 rings (SSSR count). The Hall–Kier alpha value is -2.67. The number of methoxy groups -OCH3 is 2. The van der Waals surface area contributed by atoms with Crippen molar-refractivity contribution in [3.63, 3.8) is 0 Å². The fraction of sp³-hybridized carbons (Fsp3) is 0.118. The van der Waals surface area contributed by atoms with E-state index in [-0.39, 0.29) is 0 Å². The van der Waals surface area contributed by atoms with Crippen molar-refractivity contribution in [2.75, 3.05) is 14.2 Å². The number of nitrogens with zero attached hydrogens (tertiary/aromatic N) is 1. The van der Waals surface area contributed by atoms with E-state index in [0.717, 1.165) is 10.0 Å². The van der Waals surface area contributed by atoms with Crippen LogP contribution in [0.25, 0.3) is 0 Å². The van der Waals surface area contributed by atoms with Gasteiger partial charge in [-0.2, -0.15) is 5.10 Å². The standard InChI is InChI=1S/C17H15BrN2O4/c1-23-15-8-7-13(18)9-14(15)16(21)20-19-10-11-3-5-12(6-4-11)17(22)24-2/h3-10H,1-2H3,(H,20,21)/b19-10+. The van der Waals surface area contributed by atoms with Gasteiger partial charge in [0, 0.05) is 4.47 Å². The van der Waals surface area contributed by atoms with Crippen molar-refractivity contribution in [1.82, 2.24) is 5.43 Å². The number of ether oxygens (including phenoxy) is 2. The van der Waals surface area contributed by atoms with E-state index in [4.69, 9.17) is 4.74 Å². The van der Waals surface area contributed by atoms with Gasteiger partial charge in [-0.05, 0) is 35.9 Å². The topological polar surface area (TPSA) is 77.0 Å². The summed E-state index contributed by atoms with van der Waals surface area (Å²) in [5, 5.41) is 3.91. The molecule has 2 aromatic rings. The summed E-state index contributed by atoms with van der Waals surface area (Å²) in [7, 11) is 2.82. The first-order valence-electron chi connectivity index (χ1n) is 6.90. The Bertz CT molecular complexity index is 773. The Kier molecular flexibility index (Phi) is 6.08. The zero-order valence-corrected chi connectivity index (χ0v) is 14.7. The summed E-state index contributed by atoms with van der Waals surface area (Å²) in [5.41, 5.74) is 3.97. The highest BCUT2D eigenvalue weighted by Gasteiger charge is 2.12. The number of hydrogen-bond donors (Lipinski definition) is 1. The van der Waals surface area contributed by atoms with Gasteiger partial charge in [0.25, 0.3) is 5.91 Å². The molecule has 7 heteroatoms. The van der Waals surface area contributed by atoms with E-state index in [9.17, 15) is 9.59 Å². The van der Waals surface area contributed by atoms with E-state index in [2.05, 4.69) is 31.2 Å². The number of benzene rings is 2. The van der Waals surface area contributed by atoms with E-state index >= 15 is 0 Å². The molecule has 124 valence electrons. The van der Waals surface area contributed by atoms with E-state index in [1.165, 1.54) is 20.4 Å². The maximum Gasteiger partial charge on any atom is 0.337 e. The fourth-order valence-electron chi connectivity index (χ4n) is 1.91. The number of esters is 1. The predicted octanol–water partition coefficient (Wildman–Crippen LogP) is 3.01. The molecule has 0 radical (unpaired) electrons. The van der Waals surface area contributed by atoms with Crippen molar-refractivity contribution in [2.45, 2.75) is 0 Å². The van der Waals surface area contributed by atoms with Crippen LogP contribution in [0.4, 0.5) is 0 Å². The lowest BCUT2D eigenvalue weighted by atomic mass is 10.1. The van der Waals surface area contributed by atoms with Gasteiger partial charge >= 0.3 is 5.97 Å². The van der Waals surface area contributed by atoms with Gasteiger partial charge in [-0.15, -0.1) is 0 Å². The number of carbonyl (C=O) groups is 2. The molecule has 1 N–H and O–H groups in total. The third kappa shape index (κ3) is 4.42. The number of amides is 1. The van der Waals surface area contributed by atoms with Crippen molar-refractivity contribution >= 4 is 34.0 Å². The first-order valence-corrected chi connectivity index (χ1v) is 7.69. The first-order chi connectivity index (χ1) is 11.5. The van der Waals surface area contributed by atoms with Crippen LogP contribution >= 0.6 is 15.9 Å². The molecule has 0 saturated carbocycles. The Morgan fingerprint density at radius 2 is 1.83 bits per heavy atom. The van der Waals surface area contributed by atoms with Crippen LogP contribution in [0.2, 0.25) is 0 Å². The van der Waals surface area contributed by atoms with Crippen LogP contribution in [0.1, 0.15) is 26.3 Å². The van der Waals surface area contributed by atoms with E-state index in [1.807, 2.05) is 0 Å². The molecule has 2 aromatic carbocycles. The maximum atomic E-state index is 12.2. The molecule has 1 amide bonds. The maximum absolute atomic E-state index is 12.2. The largest absolute Gasteiger partial charge is 0.496 e. The van der Waals surface area contributed by atoms with Crippen LogP contribution in [-0.4, -0.2) is 32.3 Å². The quantitative estimate of drug-likeness (QED) is 0.483. The second kappa shape index (κ2) is 8.26. The highest BCUT2D eigenvalue weighted by atomic mass is 79.9. The minimum absolute atomic E-state index is 0.366. The van der Waals surface area contributed by atoms with Crippen LogP contribution < -0.4 is 10.2 Å². The van der Waals surface area contributed by atoms with E-state index in [1.54, 1.807) is 42.5 Å². The zero-order valence-electron chi connectivity index (χ0n) is 13.1. The van der Waals surface area contributed by atoms with Gasteiger partial charge < -0.3 is 9.47 Å². The van der Waals surface area contributed by atoms with Crippen LogP contribution in [0.3, 0.4) is 0 Å². The molecule has 0 fully saturated rings. The number of rotatable bonds is 5. The van der Waals surface area contributed by atoms with Gasteiger partial charge in [-0.25, -0.2) is 10.2 Å². The molecule has 0 aliphatic carbocycles. The smallest absolute Gasteiger partial charge is 0.337 e. The van der Waals surface area contributed by atoms with Gasteiger partial charge in [-0.3, -0.25) is 4.79 Å². The highest BCUT2D eigenvalue weighted by molar-refractivity contribution is 9.10. The van der Waals surface area contributed by atoms with Crippen molar-refractivity contribution in [1.29, 1.82) is 0 Å². The molecule has 0 aliphatic heterocycles. The van der Waals surface area contributed by atoms with Gasteiger partial charge in [-0.1, -0.05) is 28.1 Å². The Morgan fingerprint density at radius 3 is 2.46 bits per heavy atom. The minimum atomic E-state index is -0.409. The summed E-state index contributed by atoms with van der Waals surface area (Å²) in [6, 6.07) is 11.7. The highest BCUT2D eigenvalue weighted by Crippen LogP contribution is 2.22. The molecule has 0 heterocycles. The summed E-state index contributed by atoms with van der Waals surface area (Å²) in [6.07, 6.45) is 1.48. The SMILES string of the molecule is COC(=O)c1ccc(/C=N/NC(=O)c2cc(Br)ccc2OC)cc1. The molecule has 0 aliphatic rings. The molecule has 0 spiro atoms. The summed E-state index contributed by atoms with van der Waals surface area (Å²) < 4.78 is 10.5. The Labute approximate surface area is 147 Å². The second-order valence-corrected chi connectivity index (χ2v) is 5.57. The Morgan fingerprint density at radius 1 is 1.12 bits per heavy atom. The molecule has 0 saturated heterocycles. The average molecular weight is 391 g/mol. The normalized spacial score (nSPS) is 10.5. The van der Waals surface area contributed by atoms with Crippen molar-refractivity contribution in [2.24, 2.45) is 5.10 Å². The third-order valence-electron chi connectivity index (χ3n) is 3.12. The molecule has 6 nitrogen and oxygen atoms in total. The number of nitrogens with one attached hydrogen (secondary N) is 1. The lowest BCUT2D eigenvalue weighted by Gasteiger charge is -2.07. The van der Waals surface area contributed by atoms with Gasteiger partial charge in [0.05, 0.1) is 31.6 Å². The van der Waals surface area contributed by atoms with Gasteiger partial charge in [0.15, 0.2) is 0 Å². The van der Waals surface area contributed by atoms with Crippen LogP contribution in [0.5, 0.6) is 5.75 Å². The van der Waals surface area contributed by atoms with Crippen molar-refractivity contribution in [3.05, 3.63) is 63.6 Å². The third-order valence-corrected chi connectivity index (χ3v) is 3.61. The monoisotopic (exact) mass is 390 g/mol. The summed E-state index contributed by atoms with van der Waals surface area (Å²) in [5.74, 6) is -0.350. The van der Waals surface area contributed by atoms with Gasteiger partial charge in [0.1, 0.15) is 5.75 Å². The molecule has 0 bridgehead atoms. The van der Waals surface area contributed by atoms with E-state index in [0.29, 0.717) is 16.9 Å². The molecule has 0 aromatic heterocycles. The summed E-state index contributed by atoms with van der Waals surface area (Å²) in [6.45, 7) is 0. The van der Waals surface area contributed by atoms with Crippen LogP contribution in [0, 0.1) is 0 Å². The van der Waals surface area contributed by atoms with Crippen LogP contribution in [0.15, 0.2) is 52.0 Å². The Balaban J connectivity index is 2.05. The predicted molar refractivity (Wildman–Crippen MR) is 93.5 cm³/mol. The number of halogens is 1. The minimum Gasteiger partial charge on any atom is -0.496 e. The number of hydrogen-bond acceptors (Lipinski definition) is 5.